The van der Waals surface area contributed by atoms with Crippen molar-refractivity contribution in [3.05, 3.63) is 98.0 Å². The summed E-state index contributed by atoms with van der Waals surface area (Å²) in [6.07, 6.45) is 3.20. The average molecular weight is 812 g/mol. The summed E-state index contributed by atoms with van der Waals surface area (Å²) in [7, 11) is 1.93. The normalized spacial score (nSPS) is 16.2. The second-order valence-electron chi connectivity index (χ2n) is 15.5. The van der Waals surface area contributed by atoms with E-state index < -0.39 is 5.97 Å². The Kier molecular flexibility index (Phi) is 10.6. The predicted molar refractivity (Wildman–Crippen MR) is 226 cm³/mol. The zero-order valence-corrected chi connectivity index (χ0v) is 34.8. The van der Waals surface area contributed by atoms with Gasteiger partial charge in [-0.05, 0) is 101 Å². The number of carbonyl (C=O) groups excluding carboxylic acids is 1. The zero-order chi connectivity index (χ0) is 40.3. The number of halogens is 2. The van der Waals surface area contributed by atoms with Gasteiger partial charge in [0.1, 0.15) is 11.4 Å². The molecule has 1 N–H and O–H groups in total. The number of aromatic nitrogens is 4. The molecule has 1 saturated heterocycles. The maximum atomic E-state index is 15.3. The number of morpholine rings is 1. The Morgan fingerprint density at radius 3 is 2.40 bits per heavy atom. The van der Waals surface area contributed by atoms with Crippen LogP contribution in [0.25, 0.3) is 32.9 Å². The van der Waals surface area contributed by atoms with Gasteiger partial charge in [-0.3, -0.25) is 14.4 Å². The quantitative estimate of drug-likeness (QED) is 0.130. The molecule has 5 heterocycles. The van der Waals surface area contributed by atoms with E-state index >= 15 is 4.79 Å². The number of ether oxygens (including phenoxy) is 2. The van der Waals surface area contributed by atoms with E-state index in [0.29, 0.717) is 62.2 Å². The SMILES string of the molecule is Cc1cc(OCCCc2c3n(c4c(-c5c(C)nn(C)c5C)c(Cl)ccc24)C(C)CN(c2cc(C(=O)O)cc4c2ccn4CCN2CCOCC2)C3=O)cc(C)c1Cl. The van der Waals surface area contributed by atoms with Crippen LogP contribution in [0.1, 0.15) is 68.3 Å². The van der Waals surface area contributed by atoms with Crippen LogP contribution in [0, 0.1) is 27.7 Å². The maximum absolute atomic E-state index is 15.3. The molecule has 57 heavy (non-hydrogen) atoms. The number of amides is 1. The van der Waals surface area contributed by atoms with Crippen molar-refractivity contribution < 1.29 is 24.2 Å². The summed E-state index contributed by atoms with van der Waals surface area (Å²) in [4.78, 5) is 32.0. The van der Waals surface area contributed by atoms with Crippen LogP contribution in [0.2, 0.25) is 10.0 Å². The molecule has 0 bridgehead atoms. The highest BCUT2D eigenvalue weighted by Crippen LogP contribution is 2.46. The standard InChI is InChI=1S/C44H48Cl2N6O5/c1-25-20-31(21-26(2)40(25)46)57-17-7-8-32-33-9-10-35(45)39(38-28(4)47-48(6)29(38)5)41(33)52-27(3)24-51(43(53)42(32)52)37-23-30(44(54)55)22-36-34(37)11-12-50(36)14-13-49-15-18-56-19-16-49/h9-12,20-23,27H,7-8,13-19,24H2,1-6H3,(H,54,55). The molecule has 0 spiro atoms. The third-order valence-electron chi connectivity index (χ3n) is 11.7. The summed E-state index contributed by atoms with van der Waals surface area (Å²) < 4.78 is 17.9. The van der Waals surface area contributed by atoms with E-state index in [1.54, 1.807) is 17.0 Å². The lowest BCUT2D eigenvalue weighted by molar-refractivity contribution is 0.0365. The molecule has 3 aromatic carbocycles. The highest BCUT2D eigenvalue weighted by molar-refractivity contribution is 6.35. The molecule has 8 rings (SSSR count). The molecule has 1 atom stereocenters. The van der Waals surface area contributed by atoms with Crippen LogP contribution in [-0.2, 0) is 24.8 Å². The van der Waals surface area contributed by atoms with Gasteiger partial charge in [-0.2, -0.15) is 5.10 Å². The van der Waals surface area contributed by atoms with Crippen LogP contribution < -0.4 is 9.64 Å². The van der Waals surface area contributed by atoms with E-state index in [9.17, 15) is 9.90 Å². The molecule has 0 aliphatic carbocycles. The fourth-order valence-corrected chi connectivity index (χ4v) is 9.19. The smallest absolute Gasteiger partial charge is 0.335 e. The molecule has 3 aromatic heterocycles. The van der Waals surface area contributed by atoms with Gasteiger partial charge in [0.15, 0.2) is 0 Å². The topological polar surface area (TPSA) is 107 Å². The minimum absolute atomic E-state index is 0.136. The van der Waals surface area contributed by atoms with Crippen molar-refractivity contribution in [3.63, 3.8) is 0 Å². The summed E-state index contributed by atoms with van der Waals surface area (Å²) in [5, 5.41) is 18.2. The fraction of sp³-hybridized carbons (Fsp3) is 0.386. The van der Waals surface area contributed by atoms with Gasteiger partial charge in [0.25, 0.3) is 5.91 Å². The third kappa shape index (κ3) is 6.98. The molecule has 0 saturated carbocycles. The second kappa shape index (κ2) is 15.5. The number of hydrogen-bond donors (Lipinski definition) is 1. The minimum atomic E-state index is -1.04. The van der Waals surface area contributed by atoms with Crippen molar-refractivity contribution in [2.45, 2.75) is 60.0 Å². The van der Waals surface area contributed by atoms with Crippen molar-refractivity contribution in [2.75, 3.05) is 50.9 Å². The molecule has 2 aliphatic heterocycles. The second-order valence-corrected chi connectivity index (χ2v) is 16.3. The lowest BCUT2D eigenvalue weighted by Gasteiger charge is -2.35. The molecule has 1 fully saturated rings. The predicted octanol–water partition coefficient (Wildman–Crippen LogP) is 8.80. The number of anilines is 1. The molecule has 1 unspecified atom stereocenters. The number of fused-ring (bicyclic) bond motifs is 4. The first-order chi connectivity index (χ1) is 27.3. The zero-order valence-electron chi connectivity index (χ0n) is 33.3. The van der Waals surface area contributed by atoms with Gasteiger partial charge in [-0.1, -0.05) is 29.3 Å². The summed E-state index contributed by atoms with van der Waals surface area (Å²) in [6.45, 7) is 15.5. The van der Waals surface area contributed by atoms with Crippen LogP contribution in [0.5, 0.6) is 5.75 Å². The molecular formula is C44H48Cl2N6O5. The van der Waals surface area contributed by atoms with E-state index in [-0.39, 0.29) is 17.5 Å². The molecule has 0 radical (unpaired) electrons. The largest absolute Gasteiger partial charge is 0.494 e. The maximum Gasteiger partial charge on any atom is 0.335 e. The highest BCUT2D eigenvalue weighted by atomic mass is 35.5. The van der Waals surface area contributed by atoms with E-state index in [1.807, 2.05) is 76.0 Å². The van der Waals surface area contributed by atoms with E-state index in [1.165, 1.54) is 0 Å². The van der Waals surface area contributed by atoms with Crippen molar-refractivity contribution in [3.8, 4) is 16.9 Å². The Morgan fingerprint density at radius 1 is 0.982 bits per heavy atom. The van der Waals surface area contributed by atoms with Gasteiger partial charge in [-0.25, -0.2) is 4.79 Å². The number of hydrogen-bond acceptors (Lipinski definition) is 6. The Balaban J connectivity index is 1.23. The molecule has 13 heteroatoms. The lowest BCUT2D eigenvalue weighted by atomic mass is 9.98. The van der Waals surface area contributed by atoms with Crippen LogP contribution >= 0.6 is 23.2 Å². The minimum Gasteiger partial charge on any atom is -0.494 e. The Bertz CT molecular complexity index is 2540. The van der Waals surface area contributed by atoms with Gasteiger partial charge in [-0.15, -0.1) is 0 Å². The van der Waals surface area contributed by atoms with Gasteiger partial charge in [0.2, 0.25) is 0 Å². The van der Waals surface area contributed by atoms with Crippen LogP contribution in [0.3, 0.4) is 0 Å². The Morgan fingerprint density at radius 2 is 1.72 bits per heavy atom. The number of aromatic carboxylic acids is 1. The summed E-state index contributed by atoms with van der Waals surface area (Å²) in [5.74, 6) is -0.473. The Hall–Kier alpha value is -4.81. The molecular weight excluding hydrogens is 763 g/mol. The van der Waals surface area contributed by atoms with Crippen molar-refractivity contribution in [1.29, 1.82) is 0 Å². The fourth-order valence-electron chi connectivity index (χ4n) is 8.83. The number of carboxylic acid groups (broad SMARTS) is 1. The first kappa shape index (κ1) is 39.0. The van der Waals surface area contributed by atoms with Gasteiger partial charge >= 0.3 is 5.97 Å². The number of benzene rings is 3. The molecule has 298 valence electrons. The highest BCUT2D eigenvalue weighted by Gasteiger charge is 2.37. The lowest BCUT2D eigenvalue weighted by Crippen LogP contribution is -2.43. The van der Waals surface area contributed by atoms with E-state index in [0.717, 1.165) is 91.4 Å². The third-order valence-corrected chi connectivity index (χ3v) is 12.6. The Labute approximate surface area is 342 Å². The van der Waals surface area contributed by atoms with E-state index in [2.05, 4.69) is 21.0 Å². The van der Waals surface area contributed by atoms with Crippen molar-refractivity contribution in [1.82, 2.24) is 23.8 Å². The van der Waals surface area contributed by atoms with E-state index in [4.69, 9.17) is 37.8 Å². The van der Waals surface area contributed by atoms with Gasteiger partial charge in [0, 0.05) is 84.6 Å². The van der Waals surface area contributed by atoms with Gasteiger partial charge < -0.3 is 28.6 Å². The van der Waals surface area contributed by atoms with Crippen LogP contribution in [-0.4, -0.2) is 86.8 Å². The molecule has 1 amide bonds. The summed E-state index contributed by atoms with van der Waals surface area (Å²) in [6, 6.07) is 13.0. The molecule has 2 aliphatic rings. The van der Waals surface area contributed by atoms with Crippen LogP contribution in [0.4, 0.5) is 5.69 Å². The number of aryl methyl sites for hydroxylation is 5. The average Bonchev–Trinajstić information content (AvgIpc) is 3.83. The van der Waals surface area contributed by atoms with Crippen molar-refractivity contribution in [2.24, 2.45) is 7.05 Å². The first-order valence-electron chi connectivity index (χ1n) is 19.6. The van der Waals surface area contributed by atoms with Crippen molar-refractivity contribution >= 4 is 62.6 Å². The summed E-state index contributed by atoms with van der Waals surface area (Å²) in [5.41, 5.74) is 9.43. The summed E-state index contributed by atoms with van der Waals surface area (Å²) >= 11 is 13.6. The first-order valence-corrected chi connectivity index (χ1v) is 20.3. The number of carbonyl (C=O) groups is 2. The number of nitrogens with zero attached hydrogens (tertiary/aromatic N) is 6. The van der Waals surface area contributed by atoms with Crippen LogP contribution in [0.15, 0.2) is 48.7 Å². The van der Waals surface area contributed by atoms with Gasteiger partial charge in [0.05, 0.1) is 52.8 Å². The monoisotopic (exact) mass is 810 g/mol. The molecule has 11 nitrogen and oxygen atoms in total. The number of carboxylic acids is 1. The number of rotatable bonds is 11. The molecule has 6 aromatic rings.